The molecule has 10 nitrogen and oxygen atoms in total. The Bertz CT molecular complexity index is 850. The SMILES string of the molecule is COCCCOc1cc(C[C@@H](C[C@H](N)[C@@H](O)C[C@H](C(=O)N[C@@H](CO)C(N)=O)C(C)C)C(C)C)ccc1OC. The van der Waals surface area contributed by atoms with Gasteiger partial charge in [-0.15, -0.1) is 0 Å². The van der Waals surface area contributed by atoms with E-state index in [1.54, 1.807) is 14.2 Å². The minimum atomic E-state index is -1.17. The van der Waals surface area contributed by atoms with E-state index in [0.717, 1.165) is 18.4 Å². The number of carbonyl (C=O) groups is 2. The topological polar surface area (TPSA) is 166 Å². The maximum Gasteiger partial charge on any atom is 0.242 e. The van der Waals surface area contributed by atoms with Crippen LogP contribution >= 0.6 is 0 Å². The molecule has 0 heterocycles. The van der Waals surface area contributed by atoms with Gasteiger partial charge in [0.25, 0.3) is 0 Å². The maximum absolute atomic E-state index is 12.8. The number of nitrogens with two attached hydrogens (primary N) is 2. The normalized spacial score (nSPS) is 15.6. The van der Waals surface area contributed by atoms with Crippen molar-refractivity contribution in [1.82, 2.24) is 5.32 Å². The highest BCUT2D eigenvalue weighted by Gasteiger charge is 2.31. The maximum atomic E-state index is 12.8. The molecule has 0 aliphatic heterocycles. The van der Waals surface area contributed by atoms with E-state index in [4.69, 9.17) is 25.7 Å². The summed E-state index contributed by atoms with van der Waals surface area (Å²) in [7, 11) is 3.26. The zero-order valence-electron chi connectivity index (χ0n) is 23.8. The van der Waals surface area contributed by atoms with Crippen molar-refractivity contribution in [3.05, 3.63) is 23.8 Å². The predicted octanol–water partition coefficient (Wildman–Crippen LogP) is 1.63. The molecule has 0 fully saturated rings. The number of benzene rings is 1. The summed E-state index contributed by atoms with van der Waals surface area (Å²) >= 11 is 0. The molecule has 1 aromatic rings. The number of hydrogen-bond acceptors (Lipinski definition) is 8. The fraction of sp³-hybridized carbons (Fsp3) is 0.714. The van der Waals surface area contributed by atoms with E-state index < -0.39 is 42.5 Å². The highest BCUT2D eigenvalue weighted by atomic mass is 16.5. The summed E-state index contributed by atoms with van der Waals surface area (Å²) in [6.07, 6.45) is 1.27. The van der Waals surface area contributed by atoms with Crippen molar-refractivity contribution in [3.63, 3.8) is 0 Å². The van der Waals surface area contributed by atoms with Crippen LogP contribution in [-0.4, -0.2) is 74.3 Å². The number of hydrogen-bond donors (Lipinski definition) is 5. The molecule has 2 amide bonds. The summed E-state index contributed by atoms with van der Waals surface area (Å²) in [4.78, 5) is 24.2. The van der Waals surface area contributed by atoms with Crippen LogP contribution in [0.2, 0.25) is 0 Å². The van der Waals surface area contributed by atoms with Gasteiger partial charge >= 0.3 is 0 Å². The smallest absolute Gasteiger partial charge is 0.242 e. The molecule has 7 N–H and O–H groups in total. The fourth-order valence-electron chi connectivity index (χ4n) is 4.35. The van der Waals surface area contributed by atoms with Gasteiger partial charge in [-0.05, 0) is 54.7 Å². The average molecular weight is 540 g/mol. The van der Waals surface area contributed by atoms with Gasteiger partial charge < -0.3 is 41.2 Å². The fourth-order valence-corrected chi connectivity index (χ4v) is 4.35. The van der Waals surface area contributed by atoms with E-state index in [1.807, 2.05) is 32.0 Å². The van der Waals surface area contributed by atoms with Crippen LogP contribution in [0.3, 0.4) is 0 Å². The largest absolute Gasteiger partial charge is 0.493 e. The number of aliphatic hydroxyl groups excluding tert-OH is 2. The monoisotopic (exact) mass is 539 g/mol. The van der Waals surface area contributed by atoms with Crippen molar-refractivity contribution in [1.29, 1.82) is 0 Å². The second-order valence-electron chi connectivity index (χ2n) is 10.6. The lowest BCUT2D eigenvalue weighted by molar-refractivity contribution is -0.132. The van der Waals surface area contributed by atoms with Gasteiger partial charge in [0.1, 0.15) is 6.04 Å². The van der Waals surface area contributed by atoms with Crippen LogP contribution in [0.5, 0.6) is 11.5 Å². The number of nitrogens with one attached hydrogen (secondary N) is 1. The Labute approximate surface area is 227 Å². The van der Waals surface area contributed by atoms with Crippen LogP contribution < -0.4 is 26.3 Å². The second kappa shape index (κ2) is 17.2. The lowest BCUT2D eigenvalue weighted by Crippen LogP contribution is -2.50. The van der Waals surface area contributed by atoms with Crippen LogP contribution in [0.15, 0.2) is 18.2 Å². The van der Waals surface area contributed by atoms with Gasteiger partial charge in [-0.3, -0.25) is 9.59 Å². The Morgan fingerprint density at radius 3 is 2.24 bits per heavy atom. The van der Waals surface area contributed by atoms with Gasteiger partial charge in [0.05, 0.1) is 26.4 Å². The molecule has 218 valence electrons. The van der Waals surface area contributed by atoms with Crippen molar-refractivity contribution < 1.29 is 34.0 Å². The first kappa shape index (κ1) is 33.6. The van der Waals surface area contributed by atoms with Gasteiger partial charge in [0, 0.05) is 32.1 Å². The van der Waals surface area contributed by atoms with Gasteiger partial charge in [-0.2, -0.15) is 0 Å². The molecule has 0 bridgehead atoms. The number of primary amides is 1. The standard InChI is InChI=1S/C28H49N3O7/c1-17(2)20(12-19-8-9-25(37-6)26(13-19)38-11-7-10-36-5)14-22(29)24(33)15-21(18(3)4)28(35)31-23(16-32)27(30)34/h8-9,13,17-18,20-24,32-33H,7,10-12,14-16,29H2,1-6H3,(H2,30,34)(H,31,35)/t20-,21-,22-,23-,24-/m0/s1. The lowest BCUT2D eigenvalue weighted by Gasteiger charge is -2.30. The molecular weight excluding hydrogens is 490 g/mol. The minimum absolute atomic E-state index is 0.119. The van der Waals surface area contributed by atoms with E-state index in [0.29, 0.717) is 37.1 Å². The Morgan fingerprint density at radius 2 is 1.71 bits per heavy atom. The van der Waals surface area contributed by atoms with Crippen LogP contribution in [0, 0.1) is 23.7 Å². The first-order chi connectivity index (χ1) is 17.9. The van der Waals surface area contributed by atoms with Gasteiger partial charge in [-0.1, -0.05) is 33.8 Å². The summed E-state index contributed by atoms with van der Waals surface area (Å²) in [6.45, 7) is 8.50. The van der Waals surface area contributed by atoms with Gasteiger partial charge in [0.15, 0.2) is 11.5 Å². The molecule has 0 unspecified atom stereocenters. The van der Waals surface area contributed by atoms with Crippen molar-refractivity contribution in [2.45, 2.75) is 71.6 Å². The van der Waals surface area contributed by atoms with Gasteiger partial charge in [0.2, 0.25) is 11.8 Å². The third-order valence-corrected chi connectivity index (χ3v) is 6.97. The molecule has 38 heavy (non-hydrogen) atoms. The van der Waals surface area contributed by atoms with Crippen LogP contribution in [0.4, 0.5) is 0 Å². The summed E-state index contributed by atoms with van der Waals surface area (Å²) in [6, 6.07) is 4.17. The highest BCUT2D eigenvalue weighted by molar-refractivity contribution is 5.87. The van der Waals surface area contributed by atoms with E-state index in [1.165, 1.54) is 0 Å². The van der Waals surface area contributed by atoms with E-state index in [-0.39, 0.29) is 18.3 Å². The molecule has 10 heteroatoms. The summed E-state index contributed by atoms with van der Waals surface area (Å²) in [5.41, 5.74) is 12.8. The Morgan fingerprint density at radius 1 is 1.03 bits per heavy atom. The molecule has 0 spiro atoms. The molecule has 5 atom stereocenters. The number of ether oxygens (including phenoxy) is 3. The Balaban J connectivity index is 2.89. The van der Waals surface area contributed by atoms with Crippen molar-refractivity contribution >= 4 is 11.8 Å². The van der Waals surface area contributed by atoms with Crippen LogP contribution in [0.1, 0.15) is 52.5 Å². The number of methoxy groups -OCH3 is 2. The number of carbonyl (C=O) groups excluding carboxylic acids is 2. The number of amides is 2. The quantitative estimate of drug-likeness (QED) is 0.165. The molecule has 0 aromatic heterocycles. The highest BCUT2D eigenvalue weighted by Crippen LogP contribution is 2.31. The zero-order valence-corrected chi connectivity index (χ0v) is 23.8. The van der Waals surface area contributed by atoms with E-state index in [9.17, 15) is 19.8 Å². The third-order valence-electron chi connectivity index (χ3n) is 6.97. The first-order valence-electron chi connectivity index (χ1n) is 13.4. The van der Waals surface area contributed by atoms with E-state index >= 15 is 0 Å². The zero-order chi connectivity index (χ0) is 28.8. The van der Waals surface area contributed by atoms with Crippen LogP contribution in [0.25, 0.3) is 0 Å². The number of aliphatic hydroxyl groups is 2. The second-order valence-corrected chi connectivity index (χ2v) is 10.6. The molecule has 1 rings (SSSR count). The minimum Gasteiger partial charge on any atom is -0.493 e. The third kappa shape index (κ3) is 11.1. The summed E-state index contributed by atoms with van der Waals surface area (Å²) in [5.74, 6) is -0.162. The summed E-state index contributed by atoms with van der Waals surface area (Å²) < 4.78 is 16.4. The molecule has 0 saturated heterocycles. The molecule has 0 aliphatic carbocycles. The molecular formula is C28H49N3O7. The molecule has 0 radical (unpaired) electrons. The molecule has 0 aliphatic rings. The number of rotatable bonds is 19. The molecule has 1 aromatic carbocycles. The van der Waals surface area contributed by atoms with Crippen molar-refractivity contribution in [2.75, 3.05) is 34.0 Å². The summed E-state index contributed by atoms with van der Waals surface area (Å²) in [5, 5.41) is 22.7. The van der Waals surface area contributed by atoms with Gasteiger partial charge in [-0.25, -0.2) is 0 Å². The Kier molecular flexibility index (Phi) is 15.3. The molecule has 0 saturated carbocycles. The van der Waals surface area contributed by atoms with Crippen LogP contribution in [-0.2, 0) is 20.7 Å². The van der Waals surface area contributed by atoms with Crippen molar-refractivity contribution in [2.24, 2.45) is 35.1 Å². The lowest BCUT2D eigenvalue weighted by atomic mass is 9.80. The Hall–Kier alpha value is -2.40. The predicted molar refractivity (Wildman–Crippen MR) is 147 cm³/mol. The first-order valence-corrected chi connectivity index (χ1v) is 13.4. The average Bonchev–Trinajstić information content (AvgIpc) is 2.87. The van der Waals surface area contributed by atoms with E-state index in [2.05, 4.69) is 19.2 Å². The van der Waals surface area contributed by atoms with Crippen molar-refractivity contribution in [3.8, 4) is 11.5 Å².